The third kappa shape index (κ3) is 6.18. The number of amides is 1. The van der Waals surface area contributed by atoms with Gasteiger partial charge in [0.15, 0.2) is 0 Å². The second-order valence-corrected chi connectivity index (χ2v) is 7.03. The quantitative estimate of drug-likeness (QED) is 0.795. The summed E-state index contributed by atoms with van der Waals surface area (Å²) < 4.78 is 0. The van der Waals surface area contributed by atoms with Crippen LogP contribution in [0, 0.1) is 5.92 Å². The molecule has 0 spiro atoms. The SMILES string of the molecule is CC(C)c1ccc(C(CC(=O)NCCN(C)C)C(C)C)cc1. The van der Waals surface area contributed by atoms with Crippen LogP contribution in [0.15, 0.2) is 24.3 Å². The predicted octanol–water partition coefficient (Wildman–Crippen LogP) is 3.62. The molecule has 1 aromatic carbocycles. The summed E-state index contributed by atoms with van der Waals surface area (Å²) in [4.78, 5) is 14.2. The van der Waals surface area contributed by atoms with E-state index in [1.54, 1.807) is 0 Å². The van der Waals surface area contributed by atoms with E-state index in [1.807, 2.05) is 14.1 Å². The van der Waals surface area contributed by atoms with Crippen molar-refractivity contribution >= 4 is 5.91 Å². The molecule has 1 aromatic rings. The van der Waals surface area contributed by atoms with Crippen LogP contribution >= 0.6 is 0 Å². The summed E-state index contributed by atoms with van der Waals surface area (Å²) in [5, 5.41) is 3.02. The Hall–Kier alpha value is -1.35. The minimum absolute atomic E-state index is 0.147. The minimum atomic E-state index is 0.147. The molecule has 0 aliphatic rings. The van der Waals surface area contributed by atoms with Crippen LogP contribution in [0.5, 0.6) is 0 Å². The van der Waals surface area contributed by atoms with Gasteiger partial charge in [-0.2, -0.15) is 0 Å². The summed E-state index contributed by atoms with van der Waals surface area (Å²) >= 11 is 0. The van der Waals surface area contributed by atoms with Crippen molar-refractivity contribution in [3.63, 3.8) is 0 Å². The smallest absolute Gasteiger partial charge is 0.220 e. The number of carbonyl (C=O) groups is 1. The zero-order chi connectivity index (χ0) is 16.7. The van der Waals surface area contributed by atoms with Crippen molar-refractivity contribution in [2.75, 3.05) is 27.2 Å². The van der Waals surface area contributed by atoms with Gasteiger partial charge in [0.2, 0.25) is 5.91 Å². The van der Waals surface area contributed by atoms with E-state index in [2.05, 4.69) is 62.2 Å². The molecule has 0 aliphatic carbocycles. The summed E-state index contributed by atoms with van der Waals surface area (Å²) in [6, 6.07) is 8.76. The van der Waals surface area contributed by atoms with Crippen molar-refractivity contribution < 1.29 is 4.79 Å². The molecule has 1 rings (SSSR count). The fraction of sp³-hybridized carbons (Fsp3) is 0.632. The Morgan fingerprint density at radius 1 is 1.05 bits per heavy atom. The summed E-state index contributed by atoms with van der Waals surface area (Å²) in [7, 11) is 4.03. The highest BCUT2D eigenvalue weighted by molar-refractivity contribution is 5.76. The van der Waals surface area contributed by atoms with Gasteiger partial charge in [0.1, 0.15) is 0 Å². The largest absolute Gasteiger partial charge is 0.355 e. The molecule has 0 heterocycles. The van der Waals surface area contributed by atoms with Gasteiger partial charge in [-0.1, -0.05) is 52.0 Å². The number of hydrogen-bond donors (Lipinski definition) is 1. The molecule has 0 fully saturated rings. The van der Waals surface area contributed by atoms with Crippen LogP contribution in [0.1, 0.15) is 57.1 Å². The van der Waals surface area contributed by atoms with Crippen LogP contribution in [-0.4, -0.2) is 38.0 Å². The molecule has 1 N–H and O–H groups in total. The first kappa shape index (κ1) is 18.7. The normalized spacial score (nSPS) is 13.0. The second-order valence-electron chi connectivity index (χ2n) is 7.03. The average Bonchev–Trinajstić information content (AvgIpc) is 2.44. The minimum Gasteiger partial charge on any atom is -0.355 e. The van der Waals surface area contributed by atoms with Crippen LogP contribution in [0.2, 0.25) is 0 Å². The van der Waals surface area contributed by atoms with E-state index in [0.717, 1.165) is 6.54 Å². The lowest BCUT2D eigenvalue weighted by molar-refractivity contribution is -0.121. The van der Waals surface area contributed by atoms with Gasteiger partial charge in [0.25, 0.3) is 0 Å². The lowest BCUT2D eigenvalue weighted by Gasteiger charge is -2.22. The van der Waals surface area contributed by atoms with Gasteiger partial charge < -0.3 is 10.2 Å². The average molecular weight is 304 g/mol. The molecule has 1 atom stereocenters. The van der Waals surface area contributed by atoms with Crippen LogP contribution in [0.25, 0.3) is 0 Å². The van der Waals surface area contributed by atoms with Crippen molar-refractivity contribution in [1.29, 1.82) is 0 Å². The first-order valence-corrected chi connectivity index (χ1v) is 8.32. The maximum Gasteiger partial charge on any atom is 0.220 e. The number of rotatable bonds is 8. The number of benzene rings is 1. The number of nitrogens with one attached hydrogen (secondary N) is 1. The monoisotopic (exact) mass is 304 g/mol. The molecule has 0 bridgehead atoms. The molecule has 0 radical (unpaired) electrons. The van der Waals surface area contributed by atoms with E-state index >= 15 is 0 Å². The molecular formula is C19H32N2O. The topological polar surface area (TPSA) is 32.3 Å². The Balaban J connectivity index is 2.67. The fourth-order valence-corrected chi connectivity index (χ4v) is 2.56. The first-order chi connectivity index (χ1) is 10.3. The van der Waals surface area contributed by atoms with Crippen molar-refractivity contribution in [3.8, 4) is 0 Å². The van der Waals surface area contributed by atoms with Crippen LogP contribution in [0.4, 0.5) is 0 Å². The molecule has 1 unspecified atom stereocenters. The second kappa shape index (κ2) is 8.94. The van der Waals surface area contributed by atoms with Crippen molar-refractivity contribution in [3.05, 3.63) is 35.4 Å². The molecule has 0 saturated heterocycles. The van der Waals surface area contributed by atoms with Gasteiger partial charge in [0, 0.05) is 19.5 Å². The van der Waals surface area contributed by atoms with E-state index in [9.17, 15) is 4.79 Å². The first-order valence-electron chi connectivity index (χ1n) is 8.32. The van der Waals surface area contributed by atoms with E-state index in [4.69, 9.17) is 0 Å². The molecule has 0 aliphatic heterocycles. The summed E-state index contributed by atoms with van der Waals surface area (Å²) in [5.74, 6) is 1.42. The van der Waals surface area contributed by atoms with E-state index in [0.29, 0.717) is 24.8 Å². The van der Waals surface area contributed by atoms with Gasteiger partial charge in [-0.15, -0.1) is 0 Å². The maximum atomic E-state index is 12.2. The lowest BCUT2D eigenvalue weighted by atomic mass is 9.84. The number of carbonyl (C=O) groups excluding carboxylic acids is 1. The zero-order valence-corrected chi connectivity index (χ0v) is 15.0. The Bertz CT molecular complexity index is 449. The van der Waals surface area contributed by atoms with Crippen molar-refractivity contribution in [2.45, 2.75) is 46.0 Å². The van der Waals surface area contributed by atoms with E-state index < -0.39 is 0 Å². The van der Waals surface area contributed by atoms with E-state index in [1.165, 1.54) is 11.1 Å². The van der Waals surface area contributed by atoms with Gasteiger partial charge in [0.05, 0.1) is 0 Å². The Morgan fingerprint density at radius 3 is 2.05 bits per heavy atom. The predicted molar refractivity (Wildman–Crippen MR) is 94.3 cm³/mol. The van der Waals surface area contributed by atoms with Gasteiger partial charge in [-0.3, -0.25) is 4.79 Å². The standard InChI is InChI=1S/C19H32N2O/c1-14(2)16-7-9-17(10-8-16)18(15(3)4)13-19(22)20-11-12-21(5)6/h7-10,14-15,18H,11-13H2,1-6H3,(H,20,22). The van der Waals surface area contributed by atoms with Gasteiger partial charge >= 0.3 is 0 Å². The molecule has 0 saturated carbocycles. The lowest BCUT2D eigenvalue weighted by Crippen LogP contribution is -2.32. The maximum absolute atomic E-state index is 12.2. The highest BCUT2D eigenvalue weighted by Crippen LogP contribution is 2.29. The van der Waals surface area contributed by atoms with Crippen molar-refractivity contribution in [1.82, 2.24) is 10.2 Å². The Labute approximate surface area is 136 Å². The Kier molecular flexibility index (Phi) is 7.60. The summed E-state index contributed by atoms with van der Waals surface area (Å²) in [6.45, 7) is 10.4. The number of likely N-dealkylation sites (N-methyl/N-ethyl adjacent to an activating group) is 1. The molecule has 22 heavy (non-hydrogen) atoms. The molecule has 1 amide bonds. The van der Waals surface area contributed by atoms with Crippen LogP contribution in [-0.2, 0) is 4.79 Å². The third-order valence-electron chi connectivity index (χ3n) is 4.12. The Morgan fingerprint density at radius 2 is 1.59 bits per heavy atom. The van der Waals surface area contributed by atoms with E-state index in [-0.39, 0.29) is 11.8 Å². The molecule has 3 heteroatoms. The molecule has 3 nitrogen and oxygen atoms in total. The fourth-order valence-electron chi connectivity index (χ4n) is 2.56. The summed E-state index contributed by atoms with van der Waals surface area (Å²) in [5.41, 5.74) is 2.61. The number of hydrogen-bond acceptors (Lipinski definition) is 2. The van der Waals surface area contributed by atoms with Crippen molar-refractivity contribution in [2.24, 2.45) is 5.92 Å². The van der Waals surface area contributed by atoms with Crippen LogP contribution < -0.4 is 5.32 Å². The van der Waals surface area contributed by atoms with Gasteiger partial charge in [-0.25, -0.2) is 0 Å². The molecule has 0 aromatic heterocycles. The highest BCUT2D eigenvalue weighted by Gasteiger charge is 2.19. The zero-order valence-electron chi connectivity index (χ0n) is 15.0. The third-order valence-corrected chi connectivity index (χ3v) is 4.12. The molecular weight excluding hydrogens is 272 g/mol. The number of nitrogens with zero attached hydrogens (tertiary/aromatic N) is 1. The summed E-state index contributed by atoms with van der Waals surface area (Å²) in [6.07, 6.45) is 0.562. The molecule has 124 valence electrons. The van der Waals surface area contributed by atoms with Crippen LogP contribution in [0.3, 0.4) is 0 Å². The van der Waals surface area contributed by atoms with Gasteiger partial charge in [-0.05, 0) is 43.0 Å². The highest BCUT2D eigenvalue weighted by atomic mass is 16.1.